The fourth-order valence-corrected chi connectivity index (χ4v) is 4.24. The van der Waals surface area contributed by atoms with Gasteiger partial charge in [0.05, 0.1) is 11.1 Å². The maximum atomic E-state index is 11.8. The molecule has 0 saturated carbocycles. The number of benzene rings is 2. The van der Waals surface area contributed by atoms with Crippen molar-refractivity contribution in [3.8, 4) is 0 Å². The Morgan fingerprint density at radius 2 is 1.92 bits per heavy atom. The van der Waals surface area contributed by atoms with Gasteiger partial charge in [0.25, 0.3) is 0 Å². The van der Waals surface area contributed by atoms with Gasteiger partial charge in [0.15, 0.2) is 0 Å². The standard InChI is InChI=1S/C20H17Cl2NO2/c21-13-8-9-17(22)12(10-13)11-23-18-7-2-1-4-14(18)15-5-3-6-16(19(15)23)20(24)25/h3,5-6,8-10H,1-2,4,7,11H2,(H,24,25). The molecular formula is C20H17Cl2NO2. The SMILES string of the molecule is O=C(O)c1cccc2c3c(n(Cc4cc(Cl)ccc4Cl)c12)CCCC3. The van der Waals surface area contributed by atoms with Crippen molar-refractivity contribution in [2.45, 2.75) is 32.2 Å². The normalized spacial score (nSPS) is 13.8. The van der Waals surface area contributed by atoms with Crippen molar-refractivity contribution in [1.82, 2.24) is 4.57 Å². The summed E-state index contributed by atoms with van der Waals surface area (Å²) in [6, 6.07) is 10.9. The van der Waals surface area contributed by atoms with Crippen molar-refractivity contribution in [3.63, 3.8) is 0 Å². The number of hydrogen-bond donors (Lipinski definition) is 1. The summed E-state index contributed by atoms with van der Waals surface area (Å²) < 4.78 is 2.13. The van der Waals surface area contributed by atoms with Gasteiger partial charge in [-0.3, -0.25) is 0 Å². The van der Waals surface area contributed by atoms with Gasteiger partial charge in [-0.05, 0) is 61.1 Å². The predicted molar refractivity (Wildman–Crippen MR) is 101 cm³/mol. The van der Waals surface area contributed by atoms with E-state index in [1.807, 2.05) is 18.2 Å². The third-order valence-electron chi connectivity index (χ3n) is 4.96. The van der Waals surface area contributed by atoms with E-state index >= 15 is 0 Å². The zero-order valence-corrected chi connectivity index (χ0v) is 15.1. The van der Waals surface area contributed by atoms with Crippen LogP contribution in [0.15, 0.2) is 36.4 Å². The molecule has 0 bridgehead atoms. The zero-order chi connectivity index (χ0) is 17.6. The summed E-state index contributed by atoms with van der Waals surface area (Å²) in [5.74, 6) is -0.904. The largest absolute Gasteiger partial charge is 0.478 e. The average molecular weight is 374 g/mol. The monoisotopic (exact) mass is 373 g/mol. The average Bonchev–Trinajstić information content (AvgIpc) is 2.92. The van der Waals surface area contributed by atoms with Gasteiger partial charge in [-0.2, -0.15) is 0 Å². The molecule has 4 rings (SSSR count). The molecule has 0 radical (unpaired) electrons. The number of hydrogen-bond acceptors (Lipinski definition) is 1. The number of nitrogens with zero attached hydrogens (tertiary/aromatic N) is 1. The Hall–Kier alpha value is -1.97. The van der Waals surface area contributed by atoms with Crippen LogP contribution in [-0.2, 0) is 19.4 Å². The summed E-state index contributed by atoms with van der Waals surface area (Å²) >= 11 is 12.5. The van der Waals surface area contributed by atoms with Crippen LogP contribution in [0.1, 0.15) is 40.0 Å². The minimum absolute atomic E-state index is 0.338. The first-order chi connectivity index (χ1) is 12.1. The van der Waals surface area contributed by atoms with Crippen molar-refractivity contribution < 1.29 is 9.90 Å². The summed E-state index contributed by atoms with van der Waals surface area (Å²) in [5, 5.41) is 12.0. The number of fused-ring (bicyclic) bond motifs is 3. The highest BCUT2D eigenvalue weighted by molar-refractivity contribution is 6.33. The highest BCUT2D eigenvalue weighted by atomic mass is 35.5. The number of rotatable bonds is 3. The van der Waals surface area contributed by atoms with E-state index in [2.05, 4.69) is 4.57 Å². The quantitative estimate of drug-likeness (QED) is 0.651. The second kappa shape index (κ2) is 6.40. The molecule has 0 aliphatic heterocycles. The number of aryl methyl sites for hydroxylation is 1. The molecule has 0 atom stereocenters. The molecule has 128 valence electrons. The summed E-state index contributed by atoms with van der Waals surface area (Å²) in [4.78, 5) is 11.8. The Balaban J connectivity index is 1.98. The van der Waals surface area contributed by atoms with Crippen LogP contribution in [0.5, 0.6) is 0 Å². The molecular weight excluding hydrogens is 357 g/mol. The van der Waals surface area contributed by atoms with Crippen LogP contribution in [-0.4, -0.2) is 15.6 Å². The lowest BCUT2D eigenvalue weighted by molar-refractivity contribution is 0.0698. The van der Waals surface area contributed by atoms with Crippen LogP contribution < -0.4 is 0 Å². The Kier molecular flexibility index (Phi) is 4.22. The number of carboxylic acids is 1. The third kappa shape index (κ3) is 2.82. The Morgan fingerprint density at radius 3 is 2.72 bits per heavy atom. The maximum absolute atomic E-state index is 11.8. The van der Waals surface area contributed by atoms with Gasteiger partial charge in [-0.15, -0.1) is 0 Å². The molecule has 2 aromatic carbocycles. The fraction of sp³-hybridized carbons (Fsp3) is 0.250. The van der Waals surface area contributed by atoms with Crippen molar-refractivity contribution in [1.29, 1.82) is 0 Å². The molecule has 1 N–H and O–H groups in total. The van der Waals surface area contributed by atoms with Gasteiger partial charge in [0.2, 0.25) is 0 Å². The van der Waals surface area contributed by atoms with Crippen LogP contribution in [0.3, 0.4) is 0 Å². The molecule has 25 heavy (non-hydrogen) atoms. The first kappa shape index (κ1) is 16.5. The van der Waals surface area contributed by atoms with E-state index < -0.39 is 5.97 Å². The van der Waals surface area contributed by atoms with E-state index in [0.717, 1.165) is 42.1 Å². The molecule has 5 heteroatoms. The third-order valence-corrected chi connectivity index (χ3v) is 5.57. The zero-order valence-electron chi connectivity index (χ0n) is 13.6. The van der Waals surface area contributed by atoms with E-state index in [4.69, 9.17) is 23.2 Å². The molecule has 3 nitrogen and oxygen atoms in total. The van der Waals surface area contributed by atoms with Crippen molar-refractivity contribution in [3.05, 3.63) is 68.8 Å². The van der Waals surface area contributed by atoms with Crippen molar-refractivity contribution in [2.24, 2.45) is 0 Å². The van der Waals surface area contributed by atoms with Gasteiger partial charge >= 0.3 is 5.97 Å². The molecule has 1 aliphatic carbocycles. The maximum Gasteiger partial charge on any atom is 0.337 e. The molecule has 1 aromatic heterocycles. The molecule has 1 aliphatic rings. The minimum atomic E-state index is -0.904. The summed E-state index contributed by atoms with van der Waals surface area (Å²) in [6.45, 7) is 0.523. The molecule has 0 amide bonds. The smallest absolute Gasteiger partial charge is 0.337 e. The summed E-state index contributed by atoms with van der Waals surface area (Å²) in [7, 11) is 0. The summed E-state index contributed by atoms with van der Waals surface area (Å²) in [5.41, 5.74) is 4.54. The van der Waals surface area contributed by atoms with E-state index in [-0.39, 0.29) is 0 Å². The lowest BCUT2D eigenvalue weighted by atomic mass is 9.95. The van der Waals surface area contributed by atoms with E-state index in [1.165, 1.54) is 11.3 Å². The molecule has 3 aromatic rings. The highest BCUT2D eigenvalue weighted by Crippen LogP contribution is 2.35. The van der Waals surface area contributed by atoms with E-state index in [0.29, 0.717) is 22.2 Å². The number of para-hydroxylation sites is 1. The molecule has 0 unspecified atom stereocenters. The van der Waals surface area contributed by atoms with Crippen LogP contribution in [0, 0.1) is 0 Å². The van der Waals surface area contributed by atoms with Crippen molar-refractivity contribution in [2.75, 3.05) is 0 Å². The summed E-state index contributed by atoms with van der Waals surface area (Å²) in [6.07, 6.45) is 4.21. The Labute approximate surface area is 155 Å². The van der Waals surface area contributed by atoms with Gasteiger partial charge in [-0.25, -0.2) is 4.79 Å². The van der Waals surface area contributed by atoms with Crippen LogP contribution in [0.2, 0.25) is 10.0 Å². The number of carboxylic acid groups (broad SMARTS) is 1. The lowest BCUT2D eigenvalue weighted by Crippen LogP contribution is -2.11. The number of carbonyl (C=O) groups is 1. The Morgan fingerprint density at radius 1 is 1.12 bits per heavy atom. The molecule has 0 saturated heterocycles. The van der Waals surface area contributed by atoms with Gasteiger partial charge in [-0.1, -0.05) is 35.3 Å². The topological polar surface area (TPSA) is 42.2 Å². The van der Waals surface area contributed by atoms with Crippen molar-refractivity contribution >= 4 is 40.1 Å². The highest BCUT2D eigenvalue weighted by Gasteiger charge is 2.24. The minimum Gasteiger partial charge on any atom is -0.478 e. The van der Waals surface area contributed by atoms with E-state index in [1.54, 1.807) is 18.2 Å². The van der Waals surface area contributed by atoms with Crippen LogP contribution in [0.25, 0.3) is 10.9 Å². The number of aromatic carboxylic acids is 1. The van der Waals surface area contributed by atoms with Crippen LogP contribution >= 0.6 is 23.2 Å². The van der Waals surface area contributed by atoms with Gasteiger partial charge in [0, 0.05) is 27.7 Å². The molecule has 0 fully saturated rings. The number of aromatic nitrogens is 1. The fourth-order valence-electron chi connectivity index (χ4n) is 3.87. The molecule has 0 spiro atoms. The second-order valence-corrected chi connectivity index (χ2v) is 7.30. The van der Waals surface area contributed by atoms with Gasteiger partial charge < -0.3 is 9.67 Å². The lowest BCUT2D eigenvalue weighted by Gasteiger charge is -2.17. The Bertz CT molecular complexity index is 991. The number of halogens is 2. The first-order valence-electron chi connectivity index (χ1n) is 8.36. The van der Waals surface area contributed by atoms with Gasteiger partial charge in [0.1, 0.15) is 0 Å². The van der Waals surface area contributed by atoms with Crippen LogP contribution in [0.4, 0.5) is 0 Å². The predicted octanol–water partition coefficient (Wildman–Crippen LogP) is 5.57. The molecule has 1 heterocycles. The second-order valence-electron chi connectivity index (χ2n) is 6.46. The van der Waals surface area contributed by atoms with E-state index in [9.17, 15) is 9.90 Å². The first-order valence-corrected chi connectivity index (χ1v) is 9.12.